The number of benzene rings is 1. The Morgan fingerprint density at radius 2 is 1.81 bits per heavy atom. The first-order valence-electron chi connectivity index (χ1n) is 10.6. The van der Waals surface area contributed by atoms with Crippen LogP contribution in [0, 0.1) is 13.8 Å². The molecule has 184 valence electrons. The fourth-order valence-electron chi connectivity index (χ4n) is 3.37. The second kappa shape index (κ2) is 10.6. The highest BCUT2D eigenvalue weighted by atomic mass is 35.5. The molecule has 0 bridgehead atoms. The van der Waals surface area contributed by atoms with Crippen molar-refractivity contribution in [1.82, 2.24) is 20.1 Å². The molecule has 0 saturated heterocycles. The van der Waals surface area contributed by atoms with Crippen LogP contribution >= 0.6 is 23.2 Å². The van der Waals surface area contributed by atoms with Gasteiger partial charge in [-0.15, -0.1) is 0 Å². The molecule has 0 aliphatic carbocycles. The van der Waals surface area contributed by atoms with Gasteiger partial charge in [-0.05, 0) is 61.9 Å². The highest BCUT2D eigenvalue weighted by Gasteiger charge is 2.17. The lowest BCUT2D eigenvalue weighted by molar-refractivity contribution is -0.136. The molecule has 0 aliphatic rings. The third-order valence-electron chi connectivity index (χ3n) is 4.96. The number of aryl methyl sites for hydroxylation is 2. The molecule has 0 spiro atoms. The average molecular weight is 527 g/mol. The number of carbonyl (C=O) groups excluding carboxylic acids is 3. The van der Waals surface area contributed by atoms with E-state index >= 15 is 0 Å². The Bertz CT molecular complexity index is 1490. The summed E-state index contributed by atoms with van der Waals surface area (Å²) < 4.78 is 7.24. The minimum absolute atomic E-state index is 0.0385. The van der Waals surface area contributed by atoms with E-state index in [1.165, 1.54) is 24.4 Å². The summed E-state index contributed by atoms with van der Waals surface area (Å²) in [7, 11) is 0. The van der Waals surface area contributed by atoms with Crippen LogP contribution in [-0.2, 0) is 16.1 Å². The van der Waals surface area contributed by atoms with Crippen molar-refractivity contribution in [3.63, 3.8) is 0 Å². The molecular formula is C24H20Cl2N6O4. The molecule has 3 aromatic heterocycles. The van der Waals surface area contributed by atoms with Crippen molar-refractivity contribution in [2.45, 2.75) is 20.4 Å². The zero-order chi connectivity index (χ0) is 25.8. The normalized spacial score (nSPS) is 11.1. The van der Waals surface area contributed by atoms with Gasteiger partial charge in [0.05, 0.1) is 18.5 Å². The number of carbonyl (C=O) groups is 3. The van der Waals surface area contributed by atoms with E-state index in [0.29, 0.717) is 44.3 Å². The van der Waals surface area contributed by atoms with Crippen LogP contribution < -0.4 is 16.1 Å². The van der Waals surface area contributed by atoms with E-state index in [4.69, 9.17) is 27.6 Å². The van der Waals surface area contributed by atoms with E-state index in [9.17, 15) is 14.4 Å². The van der Waals surface area contributed by atoms with Crippen LogP contribution in [0.3, 0.4) is 0 Å². The average Bonchev–Trinajstić information content (AvgIpc) is 3.39. The molecule has 0 atom stereocenters. The molecule has 4 aromatic rings. The number of anilines is 1. The summed E-state index contributed by atoms with van der Waals surface area (Å²) in [5, 5.41) is 9.43. The standard InChI is InChI=1S/C24H20Cl2N6O4/c1-13-5-6-32-20(7-13)29-14(2)21(32)22(33)31-28-12-19-4-3-18(36-19)11-27-23(34)24(35)30-17-9-15(25)8-16(26)10-17/h3-10,12H,11H2,1-2H3,(H,27,34)(H,30,35)(H,31,33)/b28-12+. The first kappa shape index (κ1) is 25.0. The summed E-state index contributed by atoms with van der Waals surface area (Å²) in [6.07, 6.45) is 3.10. The fraction of sp³-hybridized carbons (Fsp3) is 0.125. The molecule has 3 N–H and O–H groups in total. The Balaban J connectivity index is 1.30. The maximum Gasteiger partial charge on any atom is 0.313 e. The summed E-state index contributed by atoms with van der Waals surface area (Å²) in [5.41, 5.74) is 5.41. The van der Waals surface area contributed by atoms with E-state index in [-0.39, 0.29) is 6.54 Å². The molecule has 0 unspecified atom stereocenters. The fourth-order valence-corrected chi connectivity index (χ4v) is 3.89. The molecule has 3 amide bonds. The van der Waals surface area contributed by atoms with Crippen molar-refractivity contribution < 1.29 is 18.8 Å². The van der Waals surface area contributed by atoms with Gasteiger partial charge >= 0.3 is 11.8 Å². The minimum Gasteiger partial charge on any atom is -0.458 e. The van der Waals surface area contributed by atoms with E-state index in [1.807, 2.05) is 19.1 Å². The number of imidazole rings is 1. The number of hydrogen-bond acceptors (Lipinski definition) is 6. The number of furan rings is 1. The van der Waals surface area contributed by atoms with Gasteiger partial charge in [-0.2, -0.15) is 5.10 Å². The summed E-state index contributed by atoms with van der Waals surface area (Å²) >= 11 is 11.8. The number of nitrogens with one attached hydrogen (secondary N) is 3. The van der Waals surface area contributed by atoms with Gasteiger partial charge in [-0.3, -0.25) is 18.8 Å². The second-order valence-electron chi connectivity index (χ2n) is 7.78. The topological polar surface area (TPSA) is 130 Å². The quantitative estimate of drug-likeness (QED) is 0.199. The molecular weight excluding hydrogens is 507 g/mol. The van der Waals surface area contributed by atoms with Gasteiger partial charge in [0.2, 0.25) is 0 Å². The van der Waals surface area contributed by atoms with Crippen LogP contribution in [-0.4, -0.2) is 33.3 Å². The second-order valence-corrected chi connectivity index (χ2v) is 8.65. The molecule has 0 aliphatic heterocycles. The van der Waals surface area contributed by atoms with Crippen LogP contribution in [0.1, 0.15) is 33.3 Å². The van der Waals surface area contributed by atoms with Gasteiger partial charge in [-0.1, -0.05) is 23.2 Å². The van der Waals surface area contributed by atoms with E-state index in [1.54, 1.807) is 29.7 Å². The van der Waals surface area contributed by atoms with Crippen molar-refractivity contribution in [1.29, 1.82) is 0 Å². The van der Waals surface area contributed by atoms with Crippen molar-refractivity contribution >= 4 is 58.5 Å². The summed E-state index contributed by atoms with van der Waals surface area (Å²) in [6, 6.07) is 11.4. The van der Waals surface area contributed by atoms with Crippen LogP contribution in [0.25, 0.3) is 5.65 Å². The van der Waals surface area contributed by atoms with Crippen LogP contribution in [0.2, 0.25) is 10.0 Å². The van der Waals surface area contributed by atoms with Gasteiger partial charge in [0.15, 0.2) is 0 Å². The lowest BCUT2D eigenvalue weighted by atomic mass is 10.3. The molecule has 3 heterocycles. The van der Waals surface area contributed by atoms with Gasteiger partial charge in [0.1, 0.15) is 22.9 Å². The number of rotatable bonds is 6. The highest BCUT2D eigenvalue weighted by Crippen LogP contribution is 2.22. The molecule has 36 heavy (non-hydrogen) atoms. The third-order valence-corrected chi connectivity index (χ3v) is 5.40. The Kier molecular flexibility index (Phi) is 7.37. The first-order chi connectivity index (χ1) is 17.2. The molecule has 0 saturated carbocycles. The number of fused-ring (bicyclic) bond motifs is 1. The minimum atomic E-state index is -0.887. The van der Waals surface area contributed by atoms with Crippen LogP contribution in [0.5, 0.6) is 0 Å². The van der Waals surface area contributed by atoms with Crippen LogP contribution in [0.4, 0.5) is 5.69 Å². The number of pyridine rings is 1. The number of nitrogens with zero attached hydrogens (tertiary/aromatic N) is 3. The van der Waals surface area contributed by atoms with Gasteiger partial charge in [0, 0.05) is 21.9 Å². The van der Waals surface area contributed by atoms with Crippen molar-refractivity contribution in [2.75, 3.05) is 5.32 Å². The number of hydrogen-bond donors (Lipinski definition) is 3. The Labute approximate surface area is 215 Å². The molecule has 1 aromatic carbocycles. The van der Waals surface area contributed by atoms with Crippen molar-refractivity contribution in [2.24, 2.45) is 5.10 Å². The maximum atomic E-state index is 12.6. The predicted molar refractivity (Wildman–Crippen MR) is 135 cm³/mol. The monoisotopic (exact) mass is 526 g/mol. The summed E-state index contributed by atoms with van der Waals surface area (Å²) in [4.78, 5) is 41.2. The smallest absolute Gasteiger partial charge is 0.313 e. The predicted octanol–water partition coefficient (Wildman–Crippen LogP) is 3.87. The lowest BCUT2D eigenvalue weighted by Gasteiger charge is -2.06. The van der Waals surface area contributed by atoms with Crippen molar-refractivity contribution in [3.8, 4) is 0 Å². The molecule has 0 fully saturated rings. The number of amides is 3. The van der Waals surface area contributed by atoms with E-state index in [2.05, 4.69) is 26.1 Å². The Morgan fingerprint density at radius 3 is 2.56 bits per heavy atom. The van der Waals surface area contributed by atoms with Gasteiger partial charge in [0.25, 0.3) is 5.91 Å². The molecule has 0 radical (unpaired) electrons. The highest BCUT2D eigenvalue weighted by molar-refractivity contribution is 6.40. The molecule has 10 nitrogen and oxygen atoms in total. The summed E-state index contributed by atoms with van der Waals surface area (Å²) in [6.45, 7) is 3.66. The van der Waals surface area contributed by atoms with E-state index in [0.717, 1.165) is 5.56 Å². The van der Waals surface area contributed by atoms with Gasteiger partial charge in [-0.25, -0.2) is 10.4 Å². The van der Waals surface area contributed by atoms with E-state index < -0.39 is 17.7 Å². The SMILES string of the molecule is Cc1ccn2c(C(=O)N/N=C/c3ccc(CNC(=O)C(=O)Nc4cc(Cl)cc(Cl)c4)o3)c(C)nc2c1. The van der Waals surface area contributed by atoms with Crippen molar-refractivity contribution in [3.05, 3.63) is 87.2 Å². The number of aromatic nitrogens is 2. The Morgan fingerprint density at radius 1 is 1.06 bits per heavy atom. The summed E-state index contributed by atoms with van der Waals surface area (Å²) in [5.74, 6) is -1.47. The zero-order valence-electron chi connectivity index (χ0n) is 19.1. The zero-order valence-corrected chi connectivity index (χ0v) is 20.6. The molecule has 4 rings (SSSR count). The van der Waals surface area contributed by atoms with Crippen LogP contribution in [0.15, 0.2) is 58.2 Å². The number of halogens is 2. The van der Waals surface area contributed by atoms with Gasteiger partial charge < -0.3 is 15.1 Å². The largest absolute Gasteiger partial charge is 0.458 e. The number of hydrazone groups is 1. The third kappa shape index (κ3) is 5.91. The first-order valence-corrected chi connectivity index (χ1v) is 11.4. The molecule has 12 heteroatoms. The maximum absolute atomic E-state index is 12.6. The Hall–Kier alpha value is -4.15. The lowest BCUT2D eigenvalue weighted by Crippen LogP contribution is -2.34.